The molecule has 0 aliphatic carbocycles. The van der Waals surface area contributed by atoms with Gasteiger partial charge in [-0.25, -0.2) is 0 Å². The number of hydrogen-bond acceptors (Lipinski definition) is 2. The fraction of sp³-hybridized carbons (Fsp3) is 0.308. The number of fused-ring (bicyclic) bond motifs is 1. The number of rotatable bonds is 0. The minimum absolute atomic E-state index is 0.215. The molecule has 4 nitrogen and oxygen atoms in total. The Bertz CT molecular complexity index is 515. The first-order chi connectivity index (χ1) is 7.79. The SMILES string of the molecule is CC(C)(C)[N+]1(C(=O)O)C=Cc2ccc(N)cc21. The van der Waals surface area contributed by atoms with Crippen LogP contribution in [-0.2, 0) is 0 Å². The Morgan fingerprint density at radius 3 is 2.53 bits per heavy atom. The van der Waals surface area contributed by atoms with E-state index in [-0.39, 0.29) is 4.48 Å². The summed E-state index contributed by atoms with van der Waals surface area (Å²) in [6.07, 6.45) is 2.67. The van der Waals surface area contributed by atoms with Gasteiger partial charge in [0.25, 0.3) is 0 Å². The minimum atomic E-state index is -0.891. The van der Waals surface area contributed by atoms with Crippen molar-refractivity contribution in [3.05, 3.63) is 30.0 Å². The molecule has 1 atom stereocenters. The highest BCUT2D eigenvalue weighted by Gasteiger charge is 2.52. The van der Waals surface area contributed by atoms with Gasteiger partial charge in [-0.3, -0.25) is 0 Å². The van der Waals surface area contributed by atoms with Crippen LogP contribution in [0.3, 0.4) is 0 Å². The maximum absolute atomic E-state index is 11.7. The first-order valence-corrected chi connectivity index (χ1v) is 5.51. The van der Waals surface area contributed by atoms with Crippen molar-refractivity contribution in [1.82, 2.24) is 4.48 Å². The Balaban J connectivity index is 2.74. The molecule has 0 spiro atoms. The van der Waals surface area contributed by atoms with E-state index in [9.17, 15) is 9.90 Å². The van der Waals surface area contributed by atoms with Gasteiger partial charge in [0.1, 0.15) is 11.7 Å². The molecule has 17 heavy (non-hydrogen) atoms. The van der Waals surface area contributed by atoms with E-state index in [0.29, 0.717) is 5.69 Å². The Morgan fingerprint density at radius 1 is 1.35 bits per heavy atom. The molecule has 0 bridgehead atoms. The van der Waals surface area contributed by atoms with Crippen molar-refractivity contribution >= 4 is 23.5 Å². The molecule has 1 aromatic carbocycles. The third-order valence-electron chi connectivity index (χ3n) is 3.27. The summed E-state index contributed by atoms with van der Waals surface area (Å²) in [5, 5.41) is 9.62. The standard InChI is InChI=1S/C13H16N2O2/c1-13(2,3)15(12(16)17)7-6-9-4-5-10(14)8-11(9)15/h4-8H,14H2,1-3H3/p+1. The van der Waals surface area contributed by atoms with Crippen LogP contribution in [0.1, 0.15) is 26.3 Å². The molecule has 0 fully saturated rings. The van der Waals surface area contributed by atoms with Crippen molar-refractivity contribution < 1.29 is 9.90 Å². The lowest BCUT2D eigenvalue weighted by atomic mass is 10.0. The molecule has 0 aromatic heterocycles. The smallest absolute Gasteiger partial charge is 0.435 e. The highest BCUT2D eigenvalue weighted by atomic mass is 16.4. The van der Waals surface area contributed by atoms with E-state index < -0.39 is 11.6 Å². The summed E-state index contributed by atoms with van der Waals surface area (Å²) < 4.78 is -0.215. The van der Waals surface area contributed by atoms with Gasteiger partial charge in [0, 0.05) is 23.4 Å². The molecule has 1 aliphatic heterocycles. The van der Waals surface area contributed by atoms with Crippen LogP contribution in [0, 0.1) is 0 Å². The average Bonchev–Trinajstić information content (AvgIpc) is 2.55. The van der Waals surface area contributed by atoms with Crippen LogP contribution in [-0.4, -0.2) is 16.7 Å². The lowest BCUT2D eigenvalue weighted by Gasteiger charge is -2.38. The molecule has 2 rings (SSSR count). The van der Waals surface area contributed by atoms with Crippen molar-refractivity contribution in [2.45, 2.75) is 26.3 Å². The molecule has 0 saturated heterocycles. The molecular weight excluding hydrogens is 216 g/mol. The summed E-state index contributed by atoms with van der Waals surface area (Å²) >= 11 is 0. The monoisotopic (exact) mass is 233 g/mol. The molecule has 1 amide bonds. The Hall–Kier alpha value is -1.81. The molecule has 1 aliphatic rings. The van der Waals surface area contributed by atoms with Gasteiger partial charge in [-0.15, -0.1) is 0 Å². The van der Waals surface area contributed by atoms with Gasteiger partial charge in [-0.1, -0.05) is 0 Å². The van der Waals surface area contributed by atoms with Gasteiger partial charge in [-0.05, 0) is 32.9 Å². The second-order valence-electron chi connectivity index (χ2n) is 5.31. The van der Waals surface area contributed by atoms with Crippen LogP contribution in [0.25, 0.3) is 6.08 Å². The summed E-state index contributed by atoms with van der Waals surface area (Å²) in [4.78, 5) is 11.7. The first-order valence-electron chi connectivity index (χ1n) is 5.51. The number of carbonyl (C=O) groups is 1. The Morgan fingerprint density at radius 2 is 2.00 bits per heavy atom. The van der Waals surface area contributed by atoms with E-state index in [1.54, 1.807) is 18.3 Å². The van der Waals surface area contributed by atoms with E-state index in [2.05, 4.69) is 0 Å². The fourth-order valence-electron chi connectivity index (χ4n) is 2.32. The van der Waals surface area contributed by atoms with Gasteiger partial charge in [-0.2, -0.15) is 9.28 Å². The van der Waals surface area contributed by atoms with E-state index >= 15 is 0 Å². The van der Waals surface area contributed by atoms with E-state index in [1.165, 1.54) is 0 Å². The summed E-state index contributed by atoms with van der Waals surface area (Å²) in [6, 6.07) is 5.39. The van der Waals surface area contributed by atoms with Crippen molar-refractivity contribution in [2.75, 3.05) is 5.73 Å². The average molecular weight is 233 g/mol. The van der Waals surface area contributed by atoms with Crippen molar-refractivity contribution in [2.24, 2.45) is 0 Å². The normalized spacial score (nSPS) is 22.5. The zero-order valence-electron chi connectivity index (χ0n) is 10.3. The number of anilines is 1. The fourth-order valence-corrected chi connectivity index (χ4v) is 2.32. The number of quaternary nitrogens is 1. The lowest BCUT2D eigenvalue weighted by molar-refractivity contribution is 0.132. The molecule has 3 N–H and O–H groups in total. The second-order valence-corrected chi connectivity index (χ2v) is 5.31. The predicted molar refractivity (Wildman–Crippen MR) is 69.5 cm³/mol. The minimum Gasteiger partial charge on any atom is -0.435 e. The van der Waals surface area contributed by atoms with Crippen molar-refractivity contribution in [3.8, 4) is 0 Å². The molecule has 0 saturated carbocycles. The van der Waals surface area contributed by atoms with Gasteiger partial charge in [0.15, 0.2) is 5.69 Å². The maximum Gasteiger partial charge on any atom is 0.523 e. The molecule has 90 valence electrons. The van der Waals surface area contributed by atoms with E-state index in [0.717, 1.165) is 11.3 Å². The summed E-state index contributed by atoms with van der Waals surface area (Å²) in [6.45, 7) is 5.72. The summed E-state index contributed by atoms with van der Waals surface area (Å²) in [5.74, 6) is 0. The number of benzene rings is 1. The zero-order valence-corrected chi connectivity index (χ0v) is 10.3. The third-order valence-corrected chi connectivity index (χ3v) is 3.27. The van der Waals surface area contributed by atoms with Crippen LogP contribution in [0.4, 0.5) is 16.2 Å². The number of nitrogen functional groups attached to an aromatic ring is 1. The van der Waals surface area contributed by atoms with E-state index in [4.69, 9.17) is 5.73 Å². The van der Waals surface area contributed by atoms with Crippen molar-refractivity contribution in [1.29, 1.82) is 0 Å². The Labute approximate surface area is 101 Å². The van der Waals surface area contributed by atoms with Crippen LogP contribution in [0.2, 0.25) is 0 Å². The largest absolute Gasteiger partial charge is 0.523 e. The molecule has 1 heterocycles. The topological polar surface area (TPSA) is 63.3 Å². The van der Waals surface area contributed by atoms with E-state index in [1.807, 2.05) is 32.9 Å². The van der Waals surface area contributed by atoms with Crippen LogP contribution in [0.15, 0.2) is 24.4 Å². The second kappa shape index (κ2) is 3.34. The van der Waals surface area contributed by atoms with Crippen LogP contribution in [0.5, 0.6) is 0 Å². The number of hydrogen-bond donors (Lipinski definition) is 2. The van der Waals surface area contributed by atoms with Crippen LogP contribution >= 0.6 is 0 Å². The zero-order chi connectivity index (χ0) is 12.8. The predicted octanol–water partition coefficient (Wildman–Crippen LogP) is 3.04. The number of carboxylic acid groups (broad SMARTS) is 1. The summed E-state index contributed by atoms with van der Waals surface area (Å²) in [5.41, 5.74) is 7.52. The van der Waals surface area contributed by atoms with Gasteiger partial charge < -0.3 is 10.8 Å². The van der Waals surface area contributed by atoms with Crippen molar-refractivity contribution in [3.63, 3.8) is 0 Å². The third kappa shape index (κ3) is 1.45. The molecule has 4 heteroatoms. The highest BCUT2D eigenvalue weighted by molar-refractivity contribution is 5.93. The molecule has 1 unspecified atom stereocenters. The molecule has 1 aromatic rings. The van der Waals surface area contributed by atoms with Gasteiger partial charge >= 0.3 is 6.09 Å². The number of amides is 1. The lowest BCUT2D eigenvalue weighted by Crippen LogP contribution is -2.60. The summed E-state index contributed by atoms with van der Waals surface area (Å²) in [7, 11) is 0. The highest BCUT2D eigenvalue weighted by Crippen LogP contribution is 2.43. The quantitative estimate of drug-likeness (QED) is 0.534. The van der Waals surface area contributed by atoms with Crippen LogP contribution < -0.4 is 10.2 Å². The molecular formula is C13H17N2O2+. The Kier molecular flexibility index (Phi) is 2.29. The first kappa shape index (κ1) is 11.7. The van der Waals surface area contributed by atoms with Gasteiger partial charge in [0.05, 0.1) is 0 Å². The molecule has 0 radical (unpaired) electrons. The van der Waals surface area contributed by atoms with Gasteiger partial charge in [0.2, 0.25) is 0 Å². The number of nitrogens with two attached hydrogens (primary N) is 1. The number of nitrogens with zero attached hydrogens (tertiary/aromatic N) is 1. The maximum atomic E-state index is 11.7.